The van der Waals surface area contributed by atoms with E-state index >= 15 is 0 Å². The molecule has 7 heteroatoms. The molecular formula is C21H25ClN2O3S. The topological polar surface area (TPSA) is 58.6 Å². The first-order chi connectivity index (χ1) is 13.4. The monoisotopic (exact) mass is 420 g/mol. The van der Waals surface area contributed by atoms with E-state index in [0.29, 0.717) is 12.6 Å². The SMILES string of the molecule is Cc1ccc(Cl)c(S(=O)(=O)NC2CCN(Cc3ccc(OC4CC4)cc3)C2)c1. The summed E-state index contributed by atoms with van der Waals surface area (Å²) in [5.41, 5.74) is 2.07. The van der Waals surface area contributed by atoms with E-state index in [2.05, 4.69) is 21.8 Å². The van der Waals surface area contributed by atoms with Crippen molar-refractivity contribution in [2.45, 2.75) is 49.8 Å². The van der Waals surface area contributed by atoms with Crippen LogP contribution in [0.15, 0.2) is 47.4 Å². The number of aryl methyl sites for hydroxylation is 1. The fourth-order valence-electron chi connectivity index (χ4n) is 3.48. The van der Waals surface area contributed by atoms with Crippen LogP contribution in [0.5, 0.6) is 5.75 Å². The van der Waals surface area contributed by atoms with Crippen molar-refractivity contribution < 1.29 is 13.2 Å². The van der Waals surface area contributed by atoms with Crippen molar-refractivity contribution in [3.8, 4) is 5.75 Å². The average molecular weight is 421 g/mol. The molecule has 1 N–H and O–H groups in total. The summed E-state index contributed by atoms with van der Waals surface area (Å²) in [4.78, 5) is 2.42. The molecule has 1 aliphatic carbocycles. The zero-order valence-corrected chi connectivity index (χ0v) is 17.5. The van der Waals surface area contributed by atoms with Crippen LogP contribution in [0.2, 0.25) is 5.02 Å². The molecule has 0 radical (unpaired) electrons. The first-order valence-corrected chi connectivity index (χ1v) is 11.5. The lowest BCUT2D eigenvalue weighted by Gasteiger charge is -2.17. The first-order valence-electron chi connectivity index (χ1n) is 9.65. The molecule has 1 aliphatic heterocycles. The largest absolute Gasteiger partial charge is 0.490 e. The number of rotatable bonds is 7. The van der Waals surface area contributed by atoms with Crippen molar-refractivity contribution in [2.75, 3.05) is 13.1 Å². The highest BCUT2D eigenvalue weighted by Gasteiger charge is 2.28. The molecule has 2 aromatic carbocycles. The second-order valence-electron chi connectivity index (χ2n) is 7.74. The molecule has 28 heavy (non-hydrogen) atoms. The Balaban J connectivity index is 1.34. The van der Waals surface area contributed by atoms with Gasteiger partial charge < -0.3 is 4.74 Å². The minimum absolute atomic E-state index is 0.112. The van der Waals surface area contributed by atoms with Gasteiger partial charge in [-0.25, -0.2) is 13.1 Å². The van der Waals surface area contributed by atoms with Gasteiger partial charge >= 0.3 is 0 Å². The van der Waals surface area contributed by atoms with Gasteiger partial charge in [0, 0.05) is 25.7 Å². The van der Waals surface area contributed by atoms with Crippen molar-refractivity contribution in [3.63, 3.8) is 0 Å². The predicted octanol–water partition coefficient (Wildman–Crippen LogP) is 3.74. The van der Waals surface area contributed by atoms with Gasteiger partial charge in [0.15, 0.2) is 0 Å². The number of benzene rings is 2. The molecule has 0 amide bonds. The number of sulfonamides is 1. The Bertz CT molecular complexity index is 943. The van der Waals surface area contributed by atoms with E-state index in [0.717, 1.165) is 43.7 Å². The highest BCUT2D eigenvalue weighted by molar-refractivity contribution is 7.89. The Morgan fingerprint density at radius 2 is 1.89 bits per heavy atom. The highest BCUT2D eigenvalue weighted by atomic mass is 35.5. The first kappa shape index (κ1) is 19.7. The van der Waals surface area contributed by atoms with Crippen LogP contribution < -0.4 is 9.46 Å². The maximum absolute atomic E-state index is 12.7. The smallest absolute Gasteiger partial charge is 0.242 e. The summed E-state index contributed by atoms with van der Waals surface area (Å²) in [6, 6.07) is 13.1. The van der Waals surface area contributed by atoms with Crippen molar-refractivity contribution in [3.05, 3.63) is 58.6 Å². The quantitative estimate of drug-likeness (QED) is 0.741. The number of ether oxygens (including phenoxy) is 1. The van der Waals surface area contributed by atoms with E-state index in [9.17, 15) is 8.42 Å². The molecule has 0 aromatic heterocycles. The molecule has 2 fully saturated rings. The molecule has 1 atom stereocenters. The van der Waals surface area contributed by atoms with Crippen molar-refractivity contribution in [2.24, 2.45) is 0 Å². The van der Waals surface area contributed by atoms with Gasteiger partial charge in [0.1, 0.15) is 10.6 Å². The molecular weight excluding hydrogens is 396 g/mol. The summed E-state index contributed by atoms with van der Waals surface area (Å²) >= 11 is 6.11. The number of nitrogens with zero attached hydrogens (tertiary/aromatic N) is 1. The number of hydrogen-bond acceptors (Lipinski definition) is 4. The van der Waals surface area contributed by atoms with Crippen LogP contribution >= 0.6 is 11.6 Å². The third-order valence-electron chi connectivity index (χ3n) is 5.13. The van der Waals surface area contributed by atoms with Gasteiger partial charge in [-0.05, 0) is 61.6 Å². The summed E-state index contributed by atoms with van der Waals surface area (Å²) in [6.07, 6.45) is 3.49. The molecule has 1 saturated carbocycles. The van der Waals surface area contributed by atoms with Crippen LogP contribution in [0, 0.1) is 6.92 Å². The Kier molecular flexibility index (Phi) is 5.65. The van der Waals surface area contributed by atoms with Gasteiger partial charge in [-0.1, -0.05) is 29.8 Å². The number of likely N-dealkylation sites (tertiary alicyclic amines) is 1. The van der Waals surface area contributed by atoms with Gasteiger partial charge in [-0.3, -0.25) is 4.90 Å². The molecule has 0 spiro atoms. The lowest BCUT2D eigenvalue weighted by Crippen LogP contribution is -2.37. The summed E-state index contributed by atoms with van der Waals surface area (Å²) in [5.74, 6) is 0.924. The van der Waals surface area contributed by atoms with Crippen LogP contribution in [0.25, 0.3) is 0 Å². The van der Waals surface area contributed by atoms with Gasteiger partial charge in [0.2, 0.25) is 10.0 Å². The number of nitrogens with one attached hydrogen (secondary N) is 1. The standard InChI is InChI=1S/C21H25ClN2O3S/c1-15-2-9-20(22)21(12-15)28(25,26)23-17-10-11-24(14-17)13-16-3-5-18(6-4-16)27-19-7-8-19/h2-6,9,12,17,19,23H,7-8,10-11,13-14H2,1H3. The summed E-state index contributed by atoms with van der Waals surface area (Å²) in [5, 5.41) is 0.251. The lowest BCUT2D eigenvalue weighted by molar-refractivity contribution is 0.302. The molecule has 1 heterocycles. The zero-order chi connectivity index (χ0) is 19.7. The van der Waals surface area contributed by atoms with Crippen LogP contribution in [-0.2, 0) is 16.6 Å². The van der Waals surface area contributed by atoms with Crippen molar-refractivity contribution >= 4 is 21.6 Å². The Labute approximate surface area is 171 Å². The van der Waals surface area contributed by atoms with E-state index in [4.69, 9.17) is 16.3 Å². The minimum atomic E-state index is -3.63. The molecule has 2 aliphatic rings. The highest BCUT2D eigenvalue weighted by Crippen LogP contribution is 2.27. The van der Waals surface area contributed by atoms with E-state index in [1.807, 2.05) is 19.1 Å². The van der Waals surface area contributed by atoms with Crippen LogP contribution in [0.4, 0.5) is 0 Å². The summed E-state index contributed by atoms with van der Waals surface area (Å²) in [6.45, 7) is 4.19. The molecule has 4 rings (SSSR count). The predicted molar refractivity (Wildman–Crippen MR) is 110 cm³/mol. The van der Waals surface area contributed by atoms with E-state index in [1.54, 1.807) is 18.2 Å². The molecule has 1 unspecified atom stereocenters. The molecule has 0 bridgehead atoms. The number of hydrogen-bond donors (Lipinski definition) is 1. The van der Waals surface area contributed by atoms with Crippen molar-refractivity contribution in [1.82, 2.24) is 9.62 Å². The Morgan fingerprint density at radius 1 is 1.14 bits per heavy atom. The second kappa shape index (κ2) is 8.03. The number of halogens is 1. The zero-order valence-electron chi connectivity index (χ0n) is 15.9. The van der Waals surface area contributed by atoms with Crippen LogP contribution in [0.3, 0.4) is 0 Å². The Morgan fingerprint density at radius 3 is 2.61 bits per heavy atom. The second-order valence-corrected chi connectivity index (χ2v) is 9.83. The maximum atomic E-state index is 12.7. The fourth-order valence-corrected chi connectivity index (χ4v) is 5.33. The third-order valence-corrected chi connectivity index (χ3v) is 7.13. The average Bonchev–Trinajstić information content (AvgIpc) is 3.37. The third kappa shape index (κ3) is 4.87. The fraction of sp³-hybridized carbons (Fsp3) is 0.429. The minimum Gasteiger partial charge on any atom is -0.490 e. The van der Waals surface area contributed by atoms with Gasteiger partial charge in [0.05, 0.1) is 11.1 Å². The molecule has 5 nitrogen and oxygen atoms in total. The van der Waals surface area contributed by atoms with E-state index < -0.39 is 10.0 Å². The summed E-state index contributed by atoms with van der Waals surface area (Å²) < 4.78 is 34.1. The van der Waals surface area contributed by atoms with Crippen molar-refractivity contribution in [1.29, 1.82) is 0 Å². The van der Waals surface area contributed by atoms with Crippen LogP contribution in [-0.4, -0.2) is 38.6 Å². The Hall–Kier alpha value is -1.60. The normalized spacial score (nSPS) is 20.4. The lowest BCUT2D eigenvalue weighted by atomic mass is 10.2. The molecule has 1 saturated heterocycles. The summed E-state index contributed by atoms with van der Waals surface area (Å²) in [7, 11) is -3.63. The van der Waals surface area contributed by atoms with E-state index in [-0.39, 0.29) is 16.0 Å². The maximum Gasteiger partial charge on any atom is 0.242 e. The van der Waals surface area contributed by atoms with Gasteiger partial charge in [0.25, 0.3) is 0 Å². The molecule has 150 valence electrons. The van der Waals surface area contributed by atoms with E-state index in [1.165, 1.54) is 5.56 Å². The molecule has 2 aromatic rings. The van der Waals surface area contributed by atoms with Crippen LogP contribution in [0.1, 0.15) is 30.4 Å². The van der Waals surface area contributed by atoms with Gasteiger partial charge in [-0.2, -0.15) is 0 Å². The van der Waals surface area contributed by atoms with Gasteiger partial charge in [-0.15, -0.1) is 0 Å².